The number of hydrogen-bond acceptors (Lipinski definition) is 25. The third kappa shape index (κ3) is 33.3. The van der Waals surface area contributed by atoms with E-state index >= 15 is 0 Å². The first kappa shape index (κ1) is 88.8. The molecule has 0 aliphatic carbocycles. The molecule has 0 spiro atoms. The number of primary amides is 1. The van der Waals surface area contributed by atoms with Crippen LogP contribution in [0.5, 0.6) is 0 Å². The summed E-state index contributed by atoms with van der Waals surface area (Å²) in [5.41, 5.74) is 11.4. The van der Waals surface area contributed by atoms with Crippen LogP contribution >= 0.6 is 0 Å². The number of para-hydroxylation sites is 1. The summed E-state index contributed by atoms with van der Waals surface area (Å²) in [7, 11) is 0. The lowest BCUT2D eigenvalue weighted by atomic mass is 9.84. The quantitative estimate of drug-likeness (QED) is 0.0103. The highest BCUT2D eigenvalue weighted by Gasteiger charge is 2.41. The van der Waals surface area contributed by atoms with Gasteiger partial charge < -0.3 is 94.2 Å². The van der Waals surface area contributed by atoms with Crippen molar-refractivity contribution < 1.29 is 121 Å². The Kier molecular flexibility index (Phi) is 41.1. The molecule has 10 amide bonds. The molecule has 1 aromatic carbocycles. The first-order valence-corrected chi connectivity index (χ1v) is 33.8. The Bertz CT molecular complexity index is 3150. The zero-order valence-electron chi connectivity index (χ0n) is 58.3. The summed E-state index contributed by atoms with van der Waals surface area (Å²) in [4.78, 5) is 256. The minimum Gasteiger partial charge on any atom is -0.481 e. The topological polar surface area (TPSA) is 585 Å². The smallest absolute Gasteiger partial charge is 0.329 e. The molecule has 1 aromatic rings. The zero-order chi connectivity index (χ0) is 77.3. The van der Waals surface area contributed by atoms with Gasteiger partial charge in [-0.15, -0.1) is 0 Å². The number of nitrogens with one attached hydrogen (secondary N) is 10. The first-order chi connectivity index (χ1) is 48.8. The van der Waals surface area contributed by atoms with E-state index in [1.54, 1.807) is 13.0 Å². The second-order valence-corrected chi connectivity index (χ2v) is 24.7. The van der Waals surface area contributed by atoms with E-state index in [1.165, 1.54) is 25.1 Å². The number of cyclic esters (lactones) is 1. The lowest BCUT2D eigenvalue weighted by molar-refractivity contribution is -0.156. The van der Waals surface area contributed by atoms with E-state index in [4.69, 9.17) is 20.9 Å². The van der Waals surface area contributed by atoms with E-state index < -0.39 is 250 Å². The number of benzene rings is 1. The number of unbranched alkanes of at least 4 members (excludes halogenated alkanes) is 6. The van der Waals surface area contributed by atoms with Gasteiger partial charge in [0, 0.05) is 62.2 Å². The van der Waals surface area contributed by atoms with Crippen molar-refractivity contribution in [2.45, 2.75) is 192 Å². The number of carbonyl (C=O) groups is 19. The first-order valence-electron chi connectivity index (χ1n) is 33.8. The average molecular weight is 1460 g/mol. The van der Waals surface area contributed by atoms with Crippen LogP contribution in [0.4, 0.5) is 5.69 Å². The summed E-state index contributed by atoms with van der Waals surface area (Å²) in [5.74, 6) is -27.3. The number of aliphatic carboxylic acids is 2. The Labute approximate surface area is 593 Å². The molecular weight excluding hydrogens is 1360 g/mol. The Morgan fingerprint density at radius 2 is 1.26 bits per heavy atom. The molecule has 1 aliphatic heterocycles. The summed E-state index contributed by atoms with van der Waals surface area (Å²) in [6, 6.07) is -7.18. The molecule has 12 atom stereocenters. The molecule has 37 nitrogen and oxygen atoms in total. The maximum atomic E-state index is 14.8. The van der Waals surface area contributed by atoms with Crippen LogP contribution in [0.2, 0.25) is 0 Å². The van der Waals surface area contributed by atoms with Crippen LogP contribution in [-0.2, 0) is 101 Å². The number of ether oxygens (including phenoxy) is 3. The van der Waals surface area contributed by atoms with Crippen molar-refractivity contribution in [3.05, 3.63) is 29.8 Å². The molecule has 1 saturated heterocycles. The maximum absolute atomic E-state index is 14.8. The number of carboxylic acid groups (broad SMARTS) is 2. The fourth-order valence-corrected chi connectivity index (χ4v) is 10.7. The van der Waals surface area contributed by atoms with Gasteiger partial charge in [0.25, 0.3) is 12.9 Å². The normalized spacial score (nSPS) is 22.1. The van der Waals surface area contributed by atoms with Gasteiger partial charge in [0.2, 0.25) is 59.1 Å². The number of aliphatic hydroxyl groups excluding tert-OH is 1. The molecule has 1 heterocycles. The molecule has 2 rings (SSSR count). The van der Waals surface area contributed by atoms with Gasteiger partial charge in [-0.1, -0.05) is 64.5 Å². The highest BCUT2D eigenvalue weighted by Crippen LogP contribution is 2.24. The van der Waals surface area contributed by atoms with Gasteiger partial charge in [-0.2, -0.15) is 0 Å². The van der Waals surface area contributed by atoms with Crippen molar-refractivity contribution in [2.24, 2.45) is 35.1 Å². The fraction of sp³-hybridized carbons (Fsp3) is 0.621. The third-order valence-electron chi connectivity index (χ3n) is 16.3. The van der Waals surface area contributed by atoms with Gasteiger partial charge >= 0.3 is 17.9 Å². The molecule has 0 bridgehead atoms. The monoisotopic (exact) mass is 1460 g/mol. The zero-order valence-corrected chi connectivity index (χ0v) is 58.3. The molecule has 0 aromatic heterocycles. The van der Waals surface area contributed by atoms with Crippen LogP contribution in [0.15, 0.2) is 24.3 Å². The average Bonchev–Trinajstić information content (AvgIpc) is 0.843. The molecule has 0 radical (unpaired) electrons. The SMILES string of the molecule is CCCCCCCCCC(=O)N[C@H](CC(N)=O)C(=O)C[C@@H](CC(=O)O)C(=O)N[C@@H]1C(=O)NCC(=O)N[C@@H](CCCN)C(=O)C[C@@H](COC=O)C(=O)N[C@H](C)C(=O)N[C@@H](COC=O)C(=O)NCC(=O)N[C@H](CO)C(=O)C[C@@H]([C@H](C)CC(=O)O)C(=O)N[C@@H](CC(=O)c2ccccc2NCC)C(=O)O[C@@H]1C. The van der Waals surface area contributed by atoms with Crippen molar-refractivity contribution in [3.63, 3.8) is 0 Å². The van der Waals surface area contributed by atoms with Crippen molar-refractivity contribution >= 4 is 119 Å². The molecule has 0 saturated carbocycles. The summed E-state index contributed by atoms with van der Waals surface area (Å²) >= 11 is 0. The Morgan fingerprint density at radius 1 is 0.670 bits per heavy atom. The summed E-state index contributed by atoms with van der Waals surface area (Å²) in [6.07, 6.45) is -3.27. The number of ketones is 4. The number of carboxylic acids is 2. The van der Waals surface area contributed by atoms with E-state index in [0.29, 0.717) is 12.8 Å². The van der Waals surface area contributed by atoms with Gasteiger partial charge in [0.1, 0.15) is 49.5 Å². The molecule has 37 heteroatoms. The predicted octanol–water partition coefficient (Wildman–Crippen LogP) is -3.31. The van der Waals surface area contributed by atoms with E-state index in [0.717, 1.165) is 46.0 Å². The Hall–Kier alpha value is -10.3. The van der Waals surface area contributed by atoms with Crippen LogP contribution in [0.1, 0.15) is 154 Å². The summed E-state index contributed by atoms with van der Waals surface area (Å²) in [6.45, 7) is 2.04. The van der Waals surface area contributed by atoms with Gasteiger partial charge in [0.05, 0.1) is 56.5 Å². The lowest BCUT2D eigenvalue weighted by Gasteiger charge is -2.29. The van der Waals surface area contributed by atoms with Gasteiger partial charge in [-0.25, -0.2) is 4.79 Å². The van der Waals surface area contributed by atoms with Crippen LogP contribution in [0, 0.1) is 23.7 Å². The third-order valence-corrected chi connectivity index (χ3v) is 16.3. The molecular formula is C66H98N12O25. The molecule has 103 heavy (non-hydrogen) atoms. The van der Waals surface area contributed by atoms with Crippen molar-refractivity contribution in [1.29, 1.82) is 0 Å². The molecule has 17 N–H and O–H groups in total. The van der Waals surface area contributed by atoms with Crippen molar-refractivity contribution in [1.82, 2.24) is 47.9 Å². The standard InChI is InChI=1S/C66H98N12O25/c1-6-8-9-10-11-12-13-20-54(87)74-45(28-53(68)86)51(84)23-39(25-58(92)93)61(95)78-59-38(5)103-66(100)46(27-49(82)41-17-14-15-18-43(41)69-7-2)76-63(97)42(36(3)22-57(90)91)26-52(85)47(31-79)75-56(89)29-70-64(98)48(33-102-35-81)77-60(94)37(4)72-62(96)40(32-101-34-80)24-50(83)44(19-16-21-67)73-55(88)30-71-65(59)99/h14-15,17-18,34-40,42,44-48,59,69,79H,6-13,16,19-33,67H2,1-5H3,(H2,68,86)(H,70,98)(H,71,99)(H,72,96)(H,73,88)(H,74,87)(H,75,89)(H,76,97)(H,77,94)(H,78,95)(H,90,91)(H,92,93)/t36-,37-,38-,39+,40+,42+,44+,45-,46+,47-,48+,59+/m1/s1. The number of aliphatic hydroxyl groups is 1. The predicted molar refractivity (Wildman–Crippen MR) is 359 cm³/mol. The molecule has 1 aliphatic rings. The molecule has 0 unspecified atom stereocenters. The maximum Gasteiger partial charge on any atom is 0.329 e. The fourth-order valence-electron chi connectivity index (χ4n) is 10.7. The highest BCUT2D eigenvalue weighted by atomic mass is 16.5. The second kappa shape index (κ2) is 47.7. The number of amides is 10. The largest absolute Gasteiger partial charge is 0.481 e. The molecule has 1 fully saturated rings. The lowest BCUT2D eigenvalue weighted by Crippen LogP contribution is -2.57. The van der Waals surface area contributed by atoms with E-state index in [2.05, 4.69) is 64.8 Å². The summed E-state index contributed by atoms with van der Waals surface area (Å²) in [5, 5.41) is 53.6. The minimum absolute atomic E-state index is 0.0274. The number of anilines is 1. The van der Waals surface area contributed by atoms with Gasteiger partial charge in [-0.3, -0.25) is 86.3 Å². The van der Waals surface area contributed by atoms with Crippen LogP contribution < -0.4 is 64.6 Å². The minimum atomic E-state index is -2.28. The highest BCUT2D eigenvalue weighted by molar-refractivity contribution is 6.05. The summed E-state index contributed by atoms with van der Waals surface area (Å²) < 4.78 is 15.2. The van der Waals surface area contributed by atoms with Crippen molar-refractivity contribution in [3.8, 4) is 0 Å². The van der Waals surface area contributed by atoms with Crippen LogP contribution in [0.3, 0.4) is 0 Å². The Balaban J connectivity index is 2.97. The number of esters is 1. The van der Waals surface area contributed by atoms with Crippen LogP contribution in [0.25, 0.3) is 0 Å². The second-order valence-electron chi connectivity index (χ2n) is 24.7. The molecule has 572 valence electrons. The number of hydrogen-bond donors (Lipinski definition) is 15. The number of Topliss-reactive ketones (excluding diaryl/α,β-unsaturated/α-hetero) is 4. The number of carbonyl (C=O) groups excluding carboxylic acids is 17. The van der Waals surface area contributed by atoms with E-state index in [-0.39, 0.29) is 56.5 Å². The van der Waals surface area contributed by atoms with Gasteiger partial charge in [-0.05, 0) is 64.6 Å². The van der Waals surface area contributed by atoms with Crippen LogP contribution in [-0.4, -0.2) is 223 Å². The van der Waals surface area contributed by atoms with E-state index in [1.807, 2.05) is 0 Å². The number of rotatable bonds is 36. The van der Waals surface area contributed by atoms with E-state index in [9.17, 15) is 106 Å². The van der Waals surface area contributed by atoms with Gasteiger partial charge in [0.15, 0.2) is 23.1 Å². The van der Waals surface area contributed by atoms with Crippen molar-refractivity contribution in [2.75, 3.05) is 51.3 Å². The number of nitrogens with two attached hydrogens (primary N) is 2. The Morgan fingerprint density at radius 3 is 1.86 bits per heavy atom.